The maximum absolute atomic E-state index is 5.36. The summed E-state index contributed by atoms with van der Waals surface area (Å²) in [6, 6.07) is 6.16. The molecule has 0 bridgehead atoms. The number of hydrogen-bond acceptors (Lipinski definition) is 3. The topological polar surface area (TPSA) is 42.5 Å². The lowest BCUT2D eigenvalue weighted by molar-refractivity contribution is 0.134. The van der Waals surface area contributed by atoms with Crippen LogP contribution in [0.5, 0.6) is 0 Å². The number of methoxy groups -OCH3 is 1. The number of rotatable bonds is 4. The number of thiocarbonyl (C=S) groups is 1. The maximum Gasteiger partial charge on any atom is 0.170 e. The van der Waals surface area contributed by atoms with Crippen LogP contribution < -0.4 is 10.6 Å². The third kappa shape index (κ3) is 3.39. The van der Waals surface area contributed by atoms with Crippen LogP contribution in [-0.2, 0) is 22.7 Å². The molecule has 0 aliphatic carbocycles. The Morgan fingerprint density at radius 2 is 2.24 bits per heavy atom. The second-order valence-electron chi connectivity index (χ2n) is 3.85. The van der Waals surface area contributed by atoms with Gasteiger partial charge in [-0.2, -0.15) is 0 Å². The van der Waals surface area contributed by atoms with E-state index in [1.165, 1.54) is 11.1 Å². The molecule has 2 rings (SSSR count). The number of anilines is 1. The van der Waals surface area contributed by atoms with E-state index in [1.807, 2.05) is 6.07 Å². The van der Waals surface area contributed by atoms with E-state index in [0.717, 1.165) is 5.69 Å². The predicted octanol–water partition coefficient (Wildman–Crippen LogP) is 1.65. The molecule has 0 saturated heterocycles. The lowest BCUT2D eigenvalue weighted by Gasteiger charge is -2.10. The number of benzene rings is 1. The first-order valence-electron chi connectivity index (χ1n) is 5.53. The zero-order valence-corrected chi connectivity index (χ0v) is 10.6. The molecule has 1 aromatic rings. The van der Waals surface area contributed by atoms with Gasteiger partial charge in [0, 0.05) is 19.3 Å². The minimum Gasteiger partial charge on any atom is -0.383 e. The average Bonchev–Trinajstić information content (AvgIpc) is 2.76. The molecular formula is C12H16N2O2S. The van der Waals surface area contributed by atoms with E-state index in [1.54, 1.807) is 7.11 Å². The van der Waals surface area contributed by atoms with Crippen LogP contribution in [-0.4, -0.2) is 25.4 Å². The number of fused-ring (bicyclic) bond motifs is 1. The highest BCUT2D eigenvalue weighted by Crippen LogP contribution is 2.22. The fraction of sp³-hybridized carbons (Fsp3) is 0.417. The van der Waals surface area contributed by atoms with Crippen molar-refractivity contribution in [1.82, 2.24) is 5.32 Å². The van der Waals surface area contributed by atoms with Crippen molar-refractivity contribution in [3.63, 3.8) is 0 Å². The number of hydrogen-bond donors (Lipinski definition) is 2. The summed E-state index contributed by atoms with van der Waals surface area (Å²) in [5.41, 5.74) is 3.48. The van der Waals surface area contributed by atoms with Gasteiger partial charge < -0.3 is 20.1 Å². The molecule has 92 valence electrons. The molecular weight excluding hydrogens is 236 g/mol. The standard InChI is InChI=1S/C12H16N2O2S/c1-15-5-4-13-12(17)14-11-3-2-9-7-16-8-10(9)6-11/h2-3,6H,4-5,7-8H2,1H3,(H2,13,14,17). The predicted molar refractivity (Wildman–Crippen MR) is 71.0 cm³/mol. The van der Waals surface area contributed by atoms with E-state index in [2.05, 4.69) is 22.8 Å². The molecule has 1 aliphatic heterocycles. The monoisotopic (exact) mass is 252 g/mol. The molecule has 1 aromatic carbocycles. The average molecular weight is 252 g/mol. The van der Waals surface area contributed by atoms with Gasteiger partial charge in [0.25, 0.3) is 0 Å². The highest BCUT2D eigenvalue weighted by atomic mass is 32.1. The van der Waals surface area contributed by atoms with Crippen molar-refractivity contribution in [1.29, 1.82) is 0 Å². The summed E-state index contributed by atoms with van der Waals surface area (Å²) in [7, 11) is 1.67. The van der Waals surface area contributed by atoms with Crippen LogP contribution in [0, 0.1) is 0 Å². The first kappa shape index (κ1) is 12.3. The van der Waals surface area contributed by atoms with Gasteiger partial charge in [-0.1, -0.05) is 6.07 Å². The van der Waals surface area contributed by atoms with Crippen LogP contribution in [0.4, 0.5) is 5.69 Å². The van der Waals surface area contributed by atoms with E-state index in [-0.39, 0.29) is 0 Å². The molecule has 0 unspecified atom stereocenters. The molecule has 1 heterocycles. The summed E-state index contributed by atoms with van der Waals surface area (Å²) < 4.78 is 10.3. The van der Waals surface area contributed by atoms with Crippen LogP contribution in [0.25, 0.3) is 0 Å². The van der Waals surface area contributed by atoms with Gasteiger partial charge in [0.1, 0.15) is 0 Å². The van der Waals surface area contributed by atoms with Gasteiger partial charge in [-0.05, 0) is 35.5 Å². The second kappa shape index (κ2) is 5.95. The molecule has 0 aromatic heterocycles. The smallest absolute Gasteiger partial charge is 0.170 e. The Morgan fingerprint density at radius 1 is 1.41 bits per heavy atom. The molecule has 0 fully saturated rings. The van der Waals surface area contributed by atoms with E-state index in [0.29, 0.717) is 31.5 Å². The summed E-state index contributed by atoms with van der Waals surface area (Å²) in [6.07, 6.45) is 0. The Labute approximate surface area is 106 Å². The highest BCUT2D eigenvalue weighted by Gasteiger charge is 2.11. The van der Waals surface area contributed by atoms with Crippen molar-refractivity contribution in [2.45, 2.75) is 13.2 Å². The summed E-state index contributed by atoms with van der Waals surface area (Å²) in [4.78, 5) is 0. The molecule has 17 heavy (non-hydrogen) atoms. The van der Waals surface area contributed by atoms with E-state index in [4.69, 9.17) is 21.7 Å². The van der Waals surface area contributed by atoms with E-state index in [9.17, 15) is 0 Å². The van der Waals surface area contributed by atoms with Crippen molar-refractivity contribution < 1.29 is 9.47 Å². The van der Waals surface area contributed by atoms with Crippen LogP contribution in [0.15, 0.2) is 18.2 Å². The van der Waals surface area contributed by atoms with Gasteiger partial charge in [0.2, 0.25) is 0 Å². The van der Waals surface area contributed by atoms with Gasteiger partial charge in [-0.25, -0.2) is 0 Å². The fourth-order valence-corrected chi connectivity index (χ4v) is 1.91. The van der Waals surface area contributed by atoms with E-state index >= 15 is 0 Å². The SMILES string of the molecule is COCCNC(=S)Nc1ccc2c(c1)COC2. The molecule has 4 nitrogen and oxygen atoms in total. The summed E-state index contributed by atoms with van der Waals surface area (Å²) in [5.74, 6) is 0. The Bertz CT molecular complexity index is 409. The molecule has 0 atom stereocenters. The maximum atomic E-state index is 5.36. The molecule has 0 radical (unpaired) electrons. The Hall–Kier alpha value is -1.17. The van der Waals surface area contributed by atoms with Crippen LogP contribution in [0.1, 0.15) is 11.1 Å². The Balaban J connectivity index is 1.88. The first-order chi connectivity index (χ1) is 8.29. The number of nitrogens with one attached hydrogen (secondary N) is 2. The van der Waals surface area contributed by atoms with E-state index < -0.39 is 0 Å². The first-order valence-corrected chi connectivity index (χ1v) is 5.94. The second-order valence-corrected chi connectivity index (χ2v) is 4.26. The van der Waals surface area contributed by atoms with Crippen molar-refractivity contribution in [3.05, 3.63) is 29.3 Å². The summed E-state index contributed by atoms with van der Waals surface area (Å²) in [6.45, 7) is 2.75. The van der Waals surface area contributed by atoms with Gasteiger partial charge >= 0.3 is 0 Å². The molecule has 0 spiro atoms. The van der Waals surface area contributed by atoms with Crippen LogP contribution in [0.3, 0.4) is 0 Å². The molecule has 0 amide bonds. The number of ether oxygens (including phenoxy) is 2. The molecule has 1 aliphatic rings. The zero-order valence-electron chi connectivity index (χ0n) is 9.79. The lowest BCUT2D eigenvalue weighted by atomic mass is 10.1. The largest absolute Gasteiger partial charge is 0.383 e. The summed E-state index contributed by atoms with van der Waals surface area (Å²) >= 11 is 5.17. The van der Waals surface area contributed by atoms with Crippen molar-refractivity contribution in [3.8, 4) is 0 Å². The quantitative estimate of drug-likeness (QED) is 0.630. The third-order valence-corrected chi connectivity index (χ3v) is 2.82. The normalized spacial score (nSPS) is 13.2. The highest BCUT2D eigenvalue weighted by molar-refractivity contribution is 7.80. The van der Waals surface area contributed by atoms with Crippen molar-refractivity contribution >= 4 is 23.0 Å². The van der Waals surface area contributed by atoms with Gasteiger partial charge in [0.15, 0.2) is 5.11 Å². The zero-order chi connectivity index (χ0) is 12.1. The van der Waals surface area contributed by atoms with Gasteiger partial charge in [0.05, 0.1) is 19.8 Å². The van der Waals surface area contributed by atoms with Gasteiger partial charge in [-0.15, -0.1) is 0 Å². The third-order valence-electron chi connectivity index (χ3n) is 2.57. The minimum absolute atomic E-state index is 0.612. The van der Waals surface area contributed by atoms with Crippen LogP contribution in [0.2, 0.25) is 0 Å². The lowest BCUT2D eigenvalue weighted by Crippen LogP contribution is -2.31. The Kier molecular flexibility index (Phi) is 4.30. The molecule has 2 N–H and O–H groups in total. The van der Waals surface area contributed by atoms with Crippen molar-refractivity contribution in [2.75, 3.05) is 25.6 Å². The van der Waals surface area contributed by atoms with Gasteiger partial charge in [-0.3, -0.25) is 0 Å². The summed E-state index contributed by atoms with van der Waals surface area (Å²) in [5, 5.41) is 6.82. The molecule has 5 heteroatoms. The van der Waals surface area contributed by atoms with Crippen molar-refractivity contribution in [2.24, 2.45) is 0 Å². The van der Waals surface area contributed by atoms with Crippen LogP contribution >= 0.6 is 12.2 Å². The minimum atomic E-state index is 0.612. The fourth-order valence-electron chi connectivity index (χ4n) is 1.69. The Morgan fingerprint density at radius 3 is 3.06 bits per heavy atom. The molecule has 0 saturated carbocycles.